The van der Waals surface area contributed by atoms with Gasteiger partial charge in [-0.3, -0.25) is 5.41 Å². The van der Waals surface area contributed by atoms with E-state index in [1.807, 2.05) is 20.8 Å². The molecular formula is C14H20F2N2O. The van der Waals surface area contributed by atoms with E-state index in [-0.39, 0.29) is 24.6 Å². The van der Waals surface area contributed by atoms with Crippen molar-refractivity contribution < 1.29 is 13.5 Å². The molecular weight excluding hydrogens is 250 g/mol. The van der Waals surface area contributed by atoms with Gasteiger partial charge in [0.2, 0.25) is 0 Å². The van der Waals surface area contributed by atoms with E-state index in [1.165, 1.54) is 12.1 Å². The third kappa shape index (κ3) is 5.34. The molecule has 0 amide bonds. The monoisotopic (exact) mass is 270 g/mol. The molecule has 5 heteroatoms. The van der Waals surface area contributed by atoms with Gasteiger partial charge in [0.25, 0.3) is 0 Å². The van der Waals surface area contributed by atoms with Gasteiger partial charge in [0, 0.05) is 6.07 Å². The van der Waals surface area contributed by atoms with Gasteiger partial charge < -0.3 is 10.1 Å². The summed E-state index contributed by atoms with van der Waals surface area (Å²) >= 11 is 0. The largest absolute Gasteiger partial charge is 0.371 e. The molecule has 1 aromatic rings. The molecule has 0 bridgehead atoms. The summed E-state index contributed by atoms with van der Waals surface area (Å²) in [6.07, 6.45) is 0.654. The van der Waals surface area contributed by atoms with E-state index < -0.39 is 11.6 Å². The zero-order chi connectivity index (χ0) is 14.4. The summed E-state index contributed by atoms with van der Waals surface area (Å²) in [5, 5.41) is 10.7. The van der Waals surface area contributed by atoms with E-state index >= 15 is 0 Å². The summed E-state index contributed by atoms with van der Waals surface area (Å²) in [5.41, 5.74) is 0.495. The molecule has 0 fully saturated rings. The van der Waals surface area contributed by atoms with Crippen LogP contribution >= 0.6 is 0 Å². The second kappa shape index (κ2) is 7.19. The van der Waals surface area contributed by atoms with Crippen LogP contribution in [0.15, 0.2) is 18.2 Å². The lowest BCUT2D eigenvalue weighted by molar-refractivity contribution is 0.108. The van der Waals surface area contributed by atoms with Crippen LogP contribution in [-0.4, -0.2) is 18.5 Å². The second-order valence-corrected chi connectivity index (χ2v) is 4.65. The van der Waals surface area contributed by atoms with Gasteiger partial charge in [0.1, 0.15) is 24.1 Å². The Bertz CT molecular complexity index is 415. The van der Waals surface area contributed by atoms with Gasteiger partial charge in [-0.15, -0.1) is 0 Å². The Morgan fingerprint density at radius 3 is 2.32 bits per heavy atom. The van der Waals surface area contributed by atoms with Gasteiger partial charge in [-0.05, 0) is 38.0 Å². The van der Waals surface area contributed by atoms with Crippen molar-refractivity contribution in [1.82, 2.24) is 5.32 Å². The van der Waals surface area contributed by atoms with Gasteiger partial charge in [0.05, 0.1) is 12.1 Å². The van der Waals surface area contributed by atoms with Crippen molar-refractivity contribution >= 4 is 5.84 Å². The van der Waals surface area contributed by atoms with E-state index in [0.717, 1.165) is 6.07 Å². The molecule has 1 atom stereocenters. The predicted octanol–water partition coefficient (Wildman–Crippen LogP) is 3.41. The van der Waals surface area contributed by atoms with Crippen LogP contribution in [0.3, 0.4) is 0 Å². The number of ether oxygens (including phenoxy) is 1. The third-order valence-electron chi connectivity index (χ3n) is 2.60. The molecule has 0 aliphatic carbocycles. The topological polar surface area (TPSA) is 45.1 Å². The zero-order valence-electron chi connectivity index (χ0n) is 11.5. The Kier molecular flexibility index (Phi) is 5.89. The quantitative estimate of drug-likeness (QED) is 0.614. The summed E-state index contributed by atoms with van der Waals surface area (Å²) in [5.74, 6) is -1.02. The van der Waals surface area contributed by atoms with Gasteiger partial charge in [0.15, 0.2) is 0 Å². The fraction of sp³-hybridized carbons (Fsp3) is 0.500. The smallest absolute Gasteiger partial charge is 0.126 e. The van der Waals surface area contributed by atoms with Crippen LogP contribution in [0, 0.1) is 17.0 Å². The van der Waals surface area contributed by atoms with E-state index in [1.54, 1.807) is 0 Å². The SMILES string of the molecule is CC[C@H](NC(=N)COC(C)C)c1cc(F)cc(F)c1. The van der Waals surface area contributed by atoms with Crippen LogP contribution in [0.5, 0.6) is 0 Å². The third-order valence-corrected chi connectivity index (χ3v) is 2.60. The molecule has 0 unspecified atom stereocenters. The van der Waals surface area contributed by atoms with Crippen molar-refractivity contribution in [2.45, 2.75) is 39.3 Å². The molecule has 0 aromatic heterocycles. The van der Waals surface area contributed by atoms with Gasteiger partial charge in [-0.25, -0.2) is 8.78 Å². The minimum Gasteiger partial charge on any atom is -0.371 e. The highest BCUT2D eigenvalue weighted by Crippen LogP contribution is 2.19. The maximum Gasteiger partial charge on any atom is 0.126 e. The lowest BCUT2D eigenvalue weighted by atomic mass is 10.0. The Morgan fingerprint density at radius 2 is 1.84 bits per heavy atom. The predicted molar refractivity (Wildman–Crippen MR) is 71.3 cm³/mol. The highest BCUT2D eigenvalue weighted by molar-refractivity contribution is 5.80. The van der Waals surface area contributed by atoms with E-state index in [9.17, 15) is 8.78 Å². The number of amidine groups is 1. The lowest BCUT2D eigenvalue weighted by Gasteiger charge is -2.20. The number of halogens is 2. The molecule has 0 saturated heterocycles. The summed E-state index contributed by atoms with van der Waals surface area (Å²) < 4.78 is 31.6. The molecule has 0 spiro atoms. The van der Waals surface area contributed by atoms with Crippen molar-refractivity contribution in [3.8, 4) is 0 Å². The standard InChI is InChI=1S/C14H20F2N2O/c1-4-13(18-14(17)8-19-9(2)3)10-5-11(15)7-12(16)6-10/h5-7,9,13H,4,8H2,1-3H3,(H2,17,18)/t13-/m0/s1. The molecule has 1 rings (SSSR count). The first-order valence-corrected chi connectivity index (χ1v) is 6.34. The van der Waals surface area contributed by atoms with E-state index in [2.05, 4.69) is 5.32 Å². The number of hydrogen-bond acceptors (Lipinski definition) is 2. The number of nitrogens with one attached hydrogen (secondary N) is 2. The number of rotatable bonds is 6. The highest BCUT2D eigenvalue weighted by Gasteiger charge is 2.13. The maximum absolute atomic E-state index is 13.2. The fourth-order valence-electron chi connectivity index (χ4n) is 1.70. The minimum atomic E-state index is -0.611. The molecule has 2 N–H and O–H groups in total. The normalized spacial score (nSPS) is 12.5. The van der Waals surface area contributed by atoms with Crippen LogP contribution < -0.4 is 5.32 Å². The van der Waals surface area contributed by atoms with Crippen LogP contribution in [0.25, 0.3) is 0 Å². The lowest BCUT2D eigenvalue weighted by Crippen LogP contribution is -2.31. The Balaban J connectivity index is 2.69. The molecule has 0 aliphatic heterocycles. The minimum absolute atomic E-state index is 0.0360. The van der Waals surface area contributed by atoms with E-state index in [4.69, 9.17) is 10.1 Å². The Labute approximate surface area is 112 Å². The van der Waals surface area contributed by atoms with Crippen molar-refractivity contribution in [3.63, 3.8) is 0 Å². The summed E-state index contributed by atoms with van der Waals surface area (Å²) in [7, 11) is 0. The summed E-state index contributed by atoms with van der Waals surface area (Å²) in [6.45, 7) is 5.81. The molecule has 0 heterocycles. The van der Waals surface area contributed by atoms with Crippen molar-refractivity contribution in [2.75, 3.05) is 6.61 Å². The van der Waals surface area contributed by atoms with Crippen LogP contribution in [-0.2, 0) is 4.74 Å². The first kappa shape index (κ1) is 15.6. The first-order chi connectivity index (χ1) is 8.92. The van der Waals surface area contributed by atoms with Crippen LogP contribution in [0.2, 0.25) is 0 Å². The van der Waals surface area contributed by atoms with Crippen molar-refractivity contribution in [2.24, 2.45) is 0 Å². The molecule has 106 valence electrons. The fourth-order valence-corrected chi connectivity index (χ4v) is 1.70. The molecule has 3 nitrogen and oxygen atoms in total. The van der Waals surface area contributed by atoms with Gasteiger partial charge >= 0.3 is 0 Å². The Hall–Kier alpha value is -1.49. The molecule has 0 saturated carbocycles. The molecule has 1 aromatic carbocycles. The molecule has 0 radical (unpaired) electrons. The van der Waals surface area contributed by atoms with Crippen molar-refractivity contribution in [1.29, 1.82) is 5.41 Å². The summed E-state index contributed by atoms with van der Waals surface area (Å²) in [4.78, 5) is 0. The maximum atomic E-state index is 13.2. The Morgan fingerprint density at radius 1 is 1.26 bits per heavy atom. The van der Waals surface area contributed by atoms with Gasteiger partial charge in [-0.2, -0.15) is 0 Å². The summed E-state index contributed by atoms with van der Waals surface area (Å²) in [6, 6.07) is 3.10. The van der Waals surface area contributed by atoms with Crippen LogP contribution in [0.4, 0.5) is 8.78 Å². The highest BCUT2D eigenvalue weighted by atomic mass is 19.1. The van der Waals surface area contributed by atoms with Gasteiger partial charge in [-0.1, -0.05) is 6.92 Å². The average molecular weight is 270 g/mol. The van der Waals surface area contributed by atoms with E-state index in [0.29, 0.717) is 12.0 Å². The second-order valence-electron chi connectivity index (χ2n) is 4.65. The zero-order valence-corrected chi connectivity index (χ0v) is 11.5. The first-order valence-electron chi connectivity index (χ1n) is 6.34. The van der Waals surface area contributed by atoms with Crippen molar-refractivity contribution in [3.05, 3.63) is 35.4 Å². The van der Waals surface area contributed by atoms with Crippen LogP contribution in [0.1, 0.15) is 38.8 Å². The molecule has 0 aliphatic rings. The number of benzene rings is 1. The number of hydrogen-bond donors (Lipinski definition) is 2. The average Bonchev–Trinajstić information content (AvgIpc) is 2.32. The molecule has 19 heavy (non-hydrogen) atoms.